The first-order valence-electron chi connectivity index (χ1n) is 7.42. The number of pyridine rings is 1. The van der Waals surface area contributed by atoms with Crippen molar-refractivity contribution in [2.45, 2.75) is 36.6 Å². The van der Waals surface area contributed by atoms with E-state index in [1.54, 1.807) is 6.07 Å². The van der Waals surface area contributed by atoms with Gasteiger partial charge in [-0.2, -0.15) is 0 Å². The van der Waals surface area contributed by atoms with Gasteiger partial charge >= 0.3 is 0 Å². The van der Waals surface area contributed by atoms with Crippen LogP contribution in [0.15, 0.2) is 29.4 Å². The quantitative estimate of drug-likeness (QED) is 0.629. The van der Waals surface area contributed by atoms with Crippen LogP contribution in [0, 0.1) is 5.92 Å². The molecular weight excluding hydrogens is 375 g/mol. The highest BCUT2D eigenvalue weighted by Gasteiger charge is 2.27. The average molecular weight is 399 g/mol. The summed E-state index contributed by atoms with van der Waals surface area (Å²) in [6.07, 6.45) is 5.92. The molecule has 2 rings (SSSR count). The van der Waals surface area contributed by atoms with Gasteiger partial charge in [0.05, 0.1) is 0 Å². The number of hydrogen-bond acceptors (Lipinski definition) is 5. The van der Waals surface area contributed by atoms with E-state index in [9.17, 15) is 13.2 Å². The van der Waals surface area contributed by atoms with Crippen LogP contribution in [0.25, 0.3) is 0 Å². The summed E-state index contributed by atoms with van der Waals surface area (Å²) < 4.78 is 26.3. The number of amides is 1. The van der Waals surface area contributed by atoms with Crippen LogP contribution in [0.2, 0.25) is 0 Å². The van der Waals surface area contributed by atoms with Crippen molar-refractivity contribution in [3.05, 3.63) is 24.5 Å². The third-order valence-corrected chi connectivity index (χ3v) is 5.34. The molecule has 0 bridgehead atoms. The number of carbonyl (C=O) groups excluding carboxylic acids is 1. The predicted octanol–water partition coefficient (Wildman–Crippen LogP) is 0.837. The molecule has 7 nitrogen and oxygen atoms in total. The summed E-state index contributed by atoms with van der Waals surface area (Å²) in [5, 5.41) is 2.94. The first kappa shape index (κ1) is 23.1. The Bertz CT molecular complexity index is 601. The average Bonchev–Trinajstić information content (AvgIpc) is 2.95. The van der Waals surface area contributed by atoms with Gasteiger partial charge in [-0.15, -0.1) is 24.8 Å². The number of rotatable bonds is 7. The molecule has 0 saturated heterocycles. The lowest BCUT2D eigenvalue weighted by molar-refractivity contribution is -0.121. The van der Waals surface area contributed by atoms with Crippen molar-refractivity contribution in [2.24, 2.45) is 11.7 Å². The molecule has 0 spiro atoms. The van der Waals surface area contributed by atoms with E-state index in [-0.39, 0.29) is 54.6 Å². The van der Waals surface area contributed by atoms with E-state index in [4.69, 9.17) is 5.73 Å². The van der Waals surface area contributed by atoms with Crippen molar-refractivity contribution in [1.82, 2.24) is 15.0 Å². The number of sulfonamides is 1. The van der Waals surface area contributed by atoms with Gasteiger partial charge in [0.1, 0.15) is 4.90 Å². The summed E-state index contributed by atoms with van der Waals surface area (Å²) >= 11 is 0. The van der Waals surface area contributed by atoms with E-state index in [2.05, 4.69) is 15.0 Å². The fraction of sp³-hybridized carbons (Fsp3) is 0.571. The van der Waals surface area contributed by atoms with E-state index in [0.717, 1.165) is 19.3 Å². The second kappa shape index (κ2) is 10.8. The van der Waals surface area contributed by atoms with Crippen LogP contribution in [0.3, 0.4) is 0 Å². The van der Waals surface area contributed by atoms with Gasteiger partial charge in [-0.1, -0.05) is 6.42 Å². The van der Waals surface area contributed by atoms with E-state index in [0.29, 0.717) is 12.5 Å². The lowest BCUT2D eigenvalue weighted by atomic mass is 10.0. The zero-order chi connectivity index (χ0) is 16.0. The molecule has 1 aromatic heterocycles. The minimum atomic E-state index is -3.61. The Balaban J connectivity index is 0.00000264. The molecule has 1 amide bonds. The molecule has 1 saturated carbocycles. The van der Waals surface area contributed by atoms with Gasteiger partial charge in [-0.25, -0.2) is 13.1 Å². The highest BCUT2D eigenvalue weighted by Crippen LogP contribution is 2.24. The first-order chi connectivity index (χ1) is 10.5. The normalized spacial score (nSPS) is 19.9. The first-order valence-corrected chi connectivity index (χ1v) is 8.90. The number of nitrogens with one attached hydrogen (secondary N) is 2. The van der Waals surface area contributed by atoms with E-state index in [1.807, 2.05) is 0 Å². The Morgan fingerprint density at radius 3 is 2.71 bits per heavy atom. The van der Waals surface area contributed by atoms with Gasteiger partial charge in [0.25, 0.3) is 0 Å². The van der Waals surface area contributed by atoms with Crippen LogP contribution >= 0.6 is 24.8 Å². The number of hydrogen-bond donors (Lipinski definition) is 3. The minimum Gasteiger partial charge on any atom is -0.353 e. The van der Waals surface area contributed by atoms with Crippen molar-refractivity contribution in [3.8, 4) is 0 Å². The molecule has 4 N–H and O–H groups in total. The van der Waals surface area contributed by atoms with E-state index in [1.165, 1.54) is 18.5 Å². The molecule has 1 fully saturated rings. The Morgan fingerprint density at radius 2 is 2.08 bits per heavy atom. The largest absolute Gasteiger partial charge is 0.353 e. The molecule has 24 heavy (non-hydrogen) atoms. The Labute approximate surface area is 155 Å². The lowest BCUT2D eigenvalue weighted by Gasteiger charge is -2.19. The molecule has 0 aliphatic heterocycles. The van der Waals surface area contributed by atoms with Gasteiger partial charge in [-0.05, 0) is 37.4 Å². The van der Waals surface area contributed by atoms with E-state index >= 15 is 0 Å². The van der Waals surface area contributed by atoms with Gasteiger partial charge in [-0.3, -0.25) is 9.78 Å². The van der Waals surface area contributed by atoms with Crippen molar-refractivity contribution in [3.63, 3.8) is 0 Å². The van der Waals surface area contributed by atoms with E-state index < -0.39 is 10.0 Å². The summed E-state index contributed by atoms with van der Waals surface area (Å²) in [6.45, 7) is 0.627. The van der Waals surface area contributed by atoms with Gasteiger partial charge in [0.15, 0.2) is 0 Å². The molecule has 138 valence electrons. The monoisotopic (exact) mass is 398 g/mol. The zero-order valence-electron chi connectivity index (χ0n) is 13.2. The summed E-state index contributed by atoms with van der Waals surface area (Å²) in [4.78, 5) is 15.7. The maximum Gasteiger partial charge on any atom is 0.242 e. The summed E-state index contributed by atoms with van der Waals surface area (Å²) in [6, 6.07) is 3.13. The topological polar surface area (TPSA) is 114 Å². The van der Waals surface area contributed by atoms with Gasteiger partial charge in [0.2, 0.25) is 15.9 Å². The molecular formula is C14H24Cl2N4O3S. The molecule has 0 radical (unpaired) electrons. The maximum atomic E-state index is 12.0. The number of nitrogens with two attached hydrogens (primary N) is 1. The molecule has 1 aliphatic rings. The standard InChI is InChI=1S/C14H22N4O3S.2ClH/c15-9-11-3-1-5-13(11)18-14(19)6-8-17-22(20,21)12-4-2-7-16-10-12;;/h2,4,7,10-11,13,17H,1,3,5-6,8-9,15H2,(H,18,19);2*1H. The molecule has 1 heterocycles. The second-order valence-corrected chi connectivity index (χ2v) is 7.20. The third-order valence-electron chi connectivity index (χ3n) is 3.90. The predicted molar refractivity (Wildman–Crippen MR) is 96.9 cm³/mol. The molecule has 1 aromatic rings. The summed E-state index contributed by atoms with van der Waals surface area (Å²) in [5.41, 5.74) is 5.67. The summed E-state index contributed by atoms with van der Waals surface area (Å²) in [5.74, 6) is 0.176. The number of nitrogens with zero attached hydrogens (tertiary/aromatic N) is 1. The van der Waals surface area contributed by atoms with Crippen LogP contribution in [0.1, 0.15) is 25.7 Å². The number of carbonyl (C=O) groups is 1. The fourth-order valence-corrected chi connectivity index (χ4v) is 3.67. The smallest absolute Gasteiger partial charge is 0.242 e. The third kappa shape index (κ3) is 6.52. The molecule has 2 atom stereocenters. The van der Waals surface area contributed by atoms with Crippen molar-refractivity contribution in [1.29, 1.82) is 0 Å². The molecule has 0 aromatic carbocycles. The maximum absolute atomic E-state index is 12.0. The van der Waals surface area contributed by atoms with Gasteiger partial charge < -0.3 is 11.1 Å². The van der Waals surface area contributed by atoms with Crippen LogP contribution < -0.4 is 15.8 Å². The highest BCUT2D eigenvalue weighted by molar-refractivity contribution is 7.89. The van der Waals surface area contributed by atoms with Crippen LogP contribution in [-0.2, 0) is 14.8 Å². The highest BCUT2D eigenvalue weighted by atomic mass is 35.5. The molecule has 1 aliphatic carbocycles. The fourth-order valence-electron chi connectivity index (χ4n) is 2.68. The molecule has 2 unspecified atom stereocenters. The molecule has 10 heteroatoms. The summed E-state index contributed by atoms with van der Waals surface area (Å²) in [7, 11) is -3.61. The minimum absolute atomic E-state index is 0. The van der Waals surface area contributed by atoms with Crippen LogP contribution in [0.5, 0.6) is 0 Å². The Hall–Kier alpha value is -0.930. The van der Waals surface area contributed by atoms with Crippen molar-refractivity contribution in [2.75, 3.05) is 13.1 Å². The van der Waals surface area contributed by atoms with Crippen LogP contribution in [-0.4, -0.2) is 38.4 Å². The second-order valence-electron chi connectivity index (χ2n) is 5.44. The van der Waals surface area contributed by atoms with Crippen molar-refractivity contribution >= 4 is 40.7 Å². The Kier molecular flexibility index (Phi) is 10.4. The number of aromatic nitrogens is 1. The van der Waals surface area contributed by atoms with Crippen molar-refractivity contribution < 1.29 is 13.2 Å². The Morgan fingerprint density at radius 1 is 1.33 bits per heavy atom. The number of halogens is 2. The lowest BCUT2D eigenvalue weighted by Crippen LogP contribution is -2.41. The van der Waals surface area contributed by atoms with Gasteiger partial charge in [0, 0.05) is 31.4 Å². The zero-order valence-corrected chi connectivity index (χ0v) is 15.6. The van der Waals surface area contributed by atoms with Crippen LogP contribution in [0.4, 0.5) is 0 Å². The SMILES string of the molecule is Cl.Cl.NCC1CCCC1NC(=O)CCNS(=O)(=O)c1cccnc1.